The normalized spacial score (nSPS) is 18.1. The van der Waals surface area contributed by atoms with E-state index in [1.54, 1.807) is 17.4 Å². The standard InChI is InChI=1S/C26H31N5O2S.2ClH/c1-16-20(8-9-24(27)30-16)13-29-26(33)17(2)31-14-18(11-23(31)25(28)32)10-22-12-21(15-34-22)19-6-4-3-5-7-19;;/h3-9,12,15,17-18,23H,10-11,13-14H2,1-2H3,(H2,27,30)(H2,28,32)(H,29,33);2*1H/t17-,18?,23?;;/m0../s1. The van der Waals surface area contributed by atoms with E-state index in [-0.39, 0.29) is 42.5 Å². The van der Waals surface area contributed by atoms with E-state index >= 15 is 0 Å². The zero-order chi connectivity index (χ0) is 24.2. The summed E-state index contributed by atoms with van der Waals surface area (Å²) in [5.74, 6) is 0.205. The minimum atomic E-state index is -0.465. The van der Waals surface area contributed by atoms with Crippen molar-refractivity contribution in [1.29, 1.82) is 0 Å². The van der Waals surface area contributed by atoms with E-state index in [0.717, 1.165) is 17.7 Å². The van der Waals surface area contributed by atoms with Crippen LogP contribution in [-0.2, 0) is 22.6 Å². The Morgan fingerprint density at radius 1 is 1.17 bits per heavy atom. The summed E-state index contributed by atoms with van der Waals surface area (Å²) in [6, 6.07) is 15.2. The van der Waals surface area contributed by atoms with Gasteiger partial charge in [0.2, 0.25) is 11.8 Å². The number of halogens is 2. The monoisotopic (exact) mass is 549 g/mol. The summed E-state index contributed by atoms with van der Waals surface area (Å²) < 4.78 is 0. The van der Waals surface area contributed by atoms with Gasteiger partial charge in [-0.2, -0.15) is 0 Å². The van der Waals surface area contributed by atoms with E-state index in [1.807, 2.05) is 43.0 Å². The molecule has 36 heavy (non-hydrogen) atoms. The number of rotatable bonds is 8. The van der Waals surface area contributed by atoms with E-state index in [2.05, 4.69) is 33.9 Å². The summed E-state index contributed by atoms with van der Waals surface area (Å²) in [7, 11) is 0. The Labute approximate surface area is 228 Å². The highest BCUT2D eigenvalue weighted by Crippen LogP contribution is 2.32. The van der Waals surface area contributed by atoms with E-state index in [1.165, 1.54) is 16.0 Å². The minimum absolute atomic E-state index is 0. The number of carbonyl (C=O) groups excluding carboxylic acids is 2. The topological polar surface area (TPSA) is 114 Å². The lowest BCUT2D eigenvalue weighted by Crippen LogP contribution is -2.51. The third kappa shape index (κ3) is 6.97. The summed E-state index contributed by atoms with van der Waals surface area (Å²) in [5.41, 5.74) is 15.5. The molecule has 0 aliphatic carbocycles. The van der Waals surface area contributed by atoms with Gasteiger partial charge in [-0.3, -0.25) is 14.5 Å². The van der Waals surface area contributed by atoms with Crippen LogP contribution in [0.4, 0.5) is 5.82 Å². The third-order valence-corrected chi connectivity index (χ3v) is 7.51. The number of benzene rings is 1. The molecule has 2 amide bonds. The fourth-order valence-corrected chi connectivity index (χ4v) is 5.65. The minimum Gasteiger partial charge on any atom is -0.384 e. The van der Waals surface area contributed by atoms with Crippen LogP contribution in [0.1, 0.15) is 29.5 Å². The maximum absolute atomic E-state index is 12.9. The van der Waals surface area contributed by atoms with Gasteiger partial charge >= 0.3 is 0 Å². The highest BCUT2D eigenvalue weighted by atomic mass is 35.5. The lowest BCUT2D eigenvalue weighted by molar-refractivity contribution is -0.129. The van der Waals surface area contributed by atoms with E-state index in [4.69, 9.17) is 11.5 Å². The third-order valence-electron chi connectivity index (χ3n) is 6.55. The first-order valence-electron chi connectivity index (χ1n) is 11.5. The van der Waals surface area contributed by atoms with Crippen molar-refractivity contribution in [2.24, 2.45) is 11.7 Å². The van der Waals surface area contributed by atoms with Gasteiger partial charge in [0.15, 0.2) is 0 Å². The SMILES string of the molecule is Cc1nc(N)ccc1CNC(=O)[C@H](C)N1CC(Cc2cc(-c3ccccc3)cs2)CC1C(N)=O.Cl.Cl. The summed E-state index contributed by atoms with van der Waals surface area (Å²) in [5, 5.41) is 5.14. The van der Waals surface area contributed by atoms with Gasteiger partial charge in [0.1, 0.15) is 5.82 Å². The van der Waals surface area contributed by atoms with Crippen LogP contribution >= 0.6 is 36.2 Å². The van der Waals surface area contributed by atoms with Crippen LogP contribution in [0, 0.1) is 12.8 Å². The average Bonchev–Trinajstić information content (AvgIpc) is 3.46. The van der Waals surface area contributed by atoms with E-state index in [9.17, 15) is 9.59 Å². The van der Waals surface area contributed by atoms with Crippen LogP contribution in [0.15, 0.2) is 53.9 Å². The van der Waals surface area contributed by atoms with Crippen molar-refractivity contribution in [2.75, 3.05) is 12.3 Å². The van der Waals surface area contributed by atoms with Crippen LogP contribution in [0.5, 0.6) is 0 Å². The molecule has 3 aromatic rings. The van der Waals surface area contributed by atoms with Gasteiger partial charge in [0, 0.05) is 23.7 Å². The maximum atomic E-state index is 12.9. The van der Waals surface area contributed by atoms with Crippen molar-refractivity contribution in [2.45, 2.75) is 45.3 Å². The molecule has 0 spiro atoms. The molecule has 1 aliphatic rings. The quantitative estimate of drug-likeness (QED) is 0.393. The second-order valence-corrected chi connectivity index (χ2v) is 9.96. The summed E-state index contributed by atoms with van der Waals surface area (Å²) in [6.45, 7) is 4.71. The van der Waals surface area contributed by atoms with Crippen molar-refractivity contribution in [1.82, 2.24) is 15.2 Å². The molecular weight excluding hydrogens is 517 g/mol. The van der Waals surface area contributed by atoms with Crippen LogP contribution in [-0.4, -0.2) is 40.3 Å². The van der Waals surface area contributed by atoms with Gasteiger partial charge in [-0.15, -0.1) is 36.2 Å². The smallest absolute Gasteiger partial charge is 0.237 e. The number of amides is 2. The molecule has 3 heterocycles. The van der Waals surface area contributed by atoms with Gasteiger partial charge in [-0.1, -0.05) is 36.4 Å². The zero-order valence-electron chi connectivity index (χ0n) is 20.3. The molecule has 1 aliphatic heterocycles. The molecule has 0 saturated carbocycles. The number of carbonyl (C=O) groups is 2. The lowest BCUT2D eigenvalue weighted by Gasteiger charge is -2.28. The number of anilines is 1. The van der Waals surface area contributed by atoms with Gasteiger partial charge in [-0.05, 0) is 66.8 Å². The van der Waals surface area contributed by atoms with Gasteiger partial charge in [0.25, 0.3) is 0 Å². The van der Waals surface area contributed by atoms with Gasteiger partial charge in [-0.25, -0.2) is 4.98 Å². The van der Waals surface area contributed by atoms with Crippen molar-refractivity contribution >= 4 is 53.8 Å². The van der Waals surface area contributed by atoms with Crippen LogP contribution < -0.4 is 16.8 Å². The number of aryl methyl sites for hydroxylation is 1. The number of nitrogens with two attached hydrogens (primary N) is 2. The Morgan fingerprint density at radius 2 is 1.89 bits per heavy atom. The molecule has 4 rings (SSSR count). The number of hydrogen-bond donors (Lipinski definition) is 3. The molecule has 0 bridgehead atoms. The Kier molecular flexibility index (Phi) is 10.7. The Bertz CT molecular complexity index is 1170. The number of primary amides is 1. The molecular formula is C26H33Cl2N5O2S. The average molecular weight is 551 g/mol. The van der Waals surface area contributed by atoms with Gasteiger partial charge in [0.05, 0.1) is 12.1 Å². The van der Waals surface area contributed by atoms with Crippen LogP contribution in [0.2, 0.25) is 0 Å². The molecule has 1 aromatic carbocycles. The van der Waals surface area contributed by atoms with Gasteiger partial charge < -0.3 is 16.8 Å². The van der Waals surface area contributed by atoms with Crippen LogP contribution in [0.3, 0.4) is 0 Å². The molecule has 3 atom stereocenters. The highest BCUT2D eigenvalue weighted by Gasteiger charge is 2.40. The maximum Gasteiger partial charge on any atom is 0.237 e. The van der Waals surface area contributed by atoms with E-state index in [0.29, 0.717) is 25.3 Å². The second kappa shape index (κ2) is 13.1. The summed E-state index contributed by atoms with van der Waals surface area (Å²) in [6.07, 6.45) is 1.52. The Balaban J connectivity index is 0.00000228. The second-order valence-electron chi connectivity index (χ2n) is 8.96. The summed E-state index contributed by atoms with van der Waals surface area (Å²) in [4.78, 5) is 32.6. The molecule has 2 aromatic heterocycles. The molecule has 194 valence electrons. The van der Waals surface area contributed by atoms with Crippen molar-refractivity contribution in [3.63, 3.8) is 0 Å². The number of hydrogen-bond acceptors (Lipinski definition) is 6. The molecule has 1 saturated heterocycles. The number of nitrogens with one attached hydrogen (secondary N) is 1. The number of nitrogen functional groups attached to an aromatic ring is 1. The molecule has 0 radical (unpaired) electrons. The largest absolute Gasteiger partial charge is 0.384 e. The number of likely N-dealkylation sites (tertiary alicyclic amines) is 1. The first-order chi connectivity index (χ1) is 16.3. The zero-order valence-corrected chi connectivity index (χ0v) is 22.8. The predicted molar refractivity (Wildman–Crippen MR) is 150 cm³/mol. The highest BCUT2D eigenvalue weighted by molar-refractivity contribution is 7.10. The fourth-order valence-electron chi connectivity index (χ4n) is 4.64. The van der Waals surface area contributed by atoms with E-state index < -0.39 is 12.1 Å². The van der Waals surface area contributed by atoms with Crippen molar-refractivity contribution < 1.29 is 9.59 Å². The Hall–Kier alpha value is -2.65. The first-order valence-corrected chi connectivity index (χ1v) is 12.4. The number of aromatic nitrogens is 1. The molecule has 1 fully saturated rings. The molecule has 5 N–H and O–H groups in total. The molecule has 10 heteroatoms. The van der Waals surface area contributed by atoms with Crippen molar-refractivity contribution in [3.05, 3.63) is 70.0 Å². The molecule has 7 nitrogen and oxygen atoms in total. The summed E-state index contributed by atoms with van der Waals surface area (Å²) >= 11 is 1.74. The Morgan fingerprint density at radius 3 is 2.56 bits per heavy atom. The fraction of sp³-hybridized carbons (Fsp3) is 0.346. The van der Waals surface area contributed by atoms with Crippen molar-refractivity contribution in [3.8, 4) is 11.1 Å². The molecule has 2 unspecified atom stereocenters. The van der Waals surface area contributed by atoms with Crippen LogP contribution in [0.25, 0.3) is 11.1 Å². The number of thiophene rings is 1. The predicted octanol–water partition coefficient (Wildman–Crippen LogP) is 3.97. The first kappa shape index (κ1) is 29.6. The number of nitrogens with zero attached hydrogens (tertiary/aromatic N) is 2. The lowest BCUT2D eigenvalue weighted by atomic mass is 10.00. The number of pyridine rings is 1.